The highest BCUT2D eigenvalue weighted by atomic mass is 35.5. The Hall–Kier alpha value is -2.56. The van der Waals surface area contributed by atoms with E-state index >= 15 is 0 Å². The summed E-state index contributed by atoms with van der Waals surface area (Å²) < 4.78 is 5.70. The highest BCUT2D eigenvalue weighted by Gasteiger charge is 2.09. The maximum absolute atomic E-state index is 12.2. The monoisotopic (exact) mass is 358 g/mol. The smallest absolute Gasteiger partial charge is 0.255 e. The van der Waals surface area contributed by atoms with Crippen LogP contribution in [0.25, 0.3) is 0 Å². The van der Waals surface area contributed by atoms with Crippen LogP contribution in [0, 0.1) is 0 Å². The van der Waals surface area contributed by atoms with E-state index < -0.39 is 0 Å². The zero-order valence-corrected chi connectivity index (χ0v) is 13.9. The van der Waals surface area contributed by atoms with Crippen molar-refractivity contribution in [3.63, 3.8) is 0 Å². The van der Waals surface area contributed by atoms with Gasteiger partial charge in [0.25, 0.3) is 5.91 Å². The van der Waals surface area contributed by atoms with Gasteiger partial charge in [0, 0.05) is 11.3 Å². The average Bonchev–Trinajstić information content (AvgIpc) is 2.57. The highest BCUT2D eigenvalue weighted by molar-refractivity contribution is 6.33. The minimum absolute atomic E-state index is 0.166. The van der Waals surface area contributed by atoms with E-state index in [0.717, 1.165) is 5.75 Å². The predicted molar refractivity (Wildman–Crippen MR) is 95.2 cm³/mol. The van der Waals surface area contributed by atoms with Crippen molar-refractivity contribution in [3.05, 3.63) is 82.6 Å². The zero-order valence-electron chi connectivity index (χ0n) is 12.4. The molecule has 3 aromatic rings. The van der Waals surface area contributed by atoms with Crippen LogP contribution in [0.4, 0.5) is 5.69 Å². The molecule has 0 aliphatic heterocycles. The first kappa shape index (κ1) is 16.3. The normalized spacial score (nSPS) is 10.2. The Bertz CT molecular complexity index is 832. The molecule has 0 atom stereocenters. The fourth-order valence-corrected chi connectivity index (χ4v) is 2.49. The molecule has 0 spiro atoms. The molecule has 0 aliphatic rings. The quantitative estimate of drug-likeness (QED) is 0.632. The molecule has 0 radical (unpaired) electrons. The van der Waals surface area contributed by atoms with Gasteiger partial charge in [-0.2, -0.15) is 0 Å². The lowest BCUT2D eigenvalue weighted by atomic mass is 10.2. The van der Waals surface area contributed by atoms with Crippen LogP contribution in [0.2, 0.25) is 10.3 Å². The largest absolute Gasteiger partial charge is 0.457 e. The number of halogens is 2. The molecule has 120 valence electrons. The molecule has 0 bridgehead atoms. The Balaban J connectivity index is 1.68. The van der Waals surface area contributed by atoms with Crippen LogP contribution in [0.1, 0.15) is 10.4 Å². The summed E-state index contributed by atoms with van der Waals surface area (Å²) in [7, 11) is 0. The van der Waals surface area contributed by atoms with E-state index in [4.69, 9.17) is 27.9 Å². The van der Waals surface area contributed by atoms with Crippen LogP contribution >= 0.6 is 23.2 Å². The van der Waals surface area contributed by atoms with Crippen molar-refractivity contribution >= 4 is 34.8 Å². The third-order valence-corrected chi connectivity index (χ3v) is 3.50. The summed E-state index contributed by atoms with van der Waals surface area (Å²) in [6.07, 6.45) is 0. The Kier molecular flexibility index (Phi) is 4.99. The number of carbonyl (C=O) groups is 1. The molecular weight excluding hydrogens is 347 g/mol. The summed E-state index contributed by atoms with van der Waals surface area (Å²) in [4.78, 5) is 16.0. The van der Waals surface area contributed by atoms with Gasteiger partial charge in [-0.05, 0) is 48.5 Å². The van der Waals surface area contributed by atoms with Gasteiger partial charge in [0.1, 0.15) is 21.8 Å². The molecule has 6 heteroatoms. The van der Waals surface area contributed by atoms with Crippen molar-refractivity contribution in [2.24, 2.45) is 0 Å². The van der Waals surface area contributed by atoms with Gasteiger partial charge in [-0.15, -0.1) is 0 Å². The molecule has 1 amide bonds. The lowest BCUT2D eigenvalue weighted by Crippen LogP contribution is -2.12. The Morgan fingerprint density at radius 1 is 0.875 bits per heavy atom. The second kappa shape index (κ2) is 7.34. The zero-order chi connectivity index (χ0) is 16.9. The fourth-order valence-electron chi connectivity index (χ4n) is 2.03. The Morgan fingerprint density at radius 3 is 2.08 bits per heavy atom. The van der Waals surface area contributed by atoms with Crippen molar-refractivity contribution in [1.29, 1.82) is 0 Å². The first-order valence-corrected chi connectivity index (χ1v) is 7.83. The lowest BCUT2D eigenvalue weighted by molar-refractivity contribution is 0.102. The minimum atomic E-state index is -0.321. The number of hydrogen-bond acceptors (Lipinski definition) is 3. The second-order valence-corrected chi connectivity index (χ2v) is 5.67. The number of para-hydroxylation sites is 1. The van der Waals surface area contributed by atoms with Crippen LogP contribution in [-0.4, -0.2) is 10.9 Å². The van der Waals surface area contributed by atoms with Crippen molar-refractivity contribution in [2.45, 2.75) is 0 Å². The van der Waals surface area contributed by atoms with Crippen molar-refractivity contribution in [2.75, 3.05) is 5.32 Å². The summed E-state index contributed by atoms with van der Waals surface area (Å²) in [6.45, 7) is 0. The van der Waals surface area contributed by atoms with E-state index in [-0.39, 0.29) is 16.2 Å². The van der Waals surface area contributed by atoms with Gasteiger partial charge in [0.2, 0.25) is 0 Å². The van der Waals surface area contributed by atoms with E-state index in [9.17, 15) is 4.79 Å². The lowest BCUT2D eigenvalue weighted by Gasteiger charge is -2.08. The van der Waals surface area contributed by atoms with E-state index in [1.807, 2.05) is 30.3 Å². The number of hydrogen-bond donors (Lipinski definition) is 1. The molecule has 1 N–H and O–H groups in total. The van der Waals surface area contributed by atoms with Gasteiger partial charge >= 0.3 is 0 Å². The number of nitrogens with one attached hydrogen (secondary N) is 1. The molecule has 0 saturated carbocycles. The first-order chi connectivity index (χ1) is 11.6. The molecule has 0 aliphatic carbocycles. The third-order valence-electron chi connectivity index (χ3n) is 3.12. The maximum Gasteiger partial charge on any atom is 0.255 e. The number of benzene rings is 2. The van der Waals surface area contributed by atoms with Crippen molar-refractivity contribution in [3.8, 4) is 11.5 Å². The summed E-state index contributed by atoms with van der Waals surface area (Å²) >= 11 is 11.6. The second-order valence-electron chi connectivity index (χ2n) is 4.89. The number of amides is 1. The molecule has 0 unspecified atom stereocenters. The van der Waals surface area contributed by atoms with E-state index in [1.54, 1.807) is 24.3 Å². The first-order valence-electron chi connectivity index (χ1n) is 7.07. The van der Waals surface area contributed by atoms with Crippen molar-refractivity contribution < 1.29 is 9.53 Å². The molecule has 3 rings (SSSR count). The van der Waals surface area contributed by atoms with Crippen LogP contribution in [0.15, 0.2) is 66.7 Å². The van der Waals surface area contributed by atoms with Crippen molar-refractivity contribution in [1.82, 2.24) is 4.98 Å². The molecule has 0 fully saturated rings. The Labute approximate surface area is 149 Å². The van der Waals surface area contributed by atoms with Crippen LogP contribution in [0.5, 0.6) is 11.5 Å². The number of aromatic nitrogens is 1. The third kappa shape index (κ3) is 4.25. The summed E-state index contributed by atoms with van der Waals surface area (Å²) in [5.41, 5.74) is 0.967. The number of carbonyl (C=O) groups excluding carboxylic acids is 1. The SMILES string of the molecule is O=C(Nc1ccc(Oc2ccccc2)cc1)c1cc(Cl)nc(Cl)c1. The predicted octanol–water partition coefficient (Wildman–Crippen LogP) is 5.43. The number of pyridine rings is 1. The minimum Gasteiger partial charge on any atom is -0.457 e. The topological polar surface area (TPSA) is 51.2 Å². The van der Waals surface area contributed by atoms with Gasteiger partial charge in [-0.25, -0.2) is 4.98 Å². The summed E-state index contributed by atoms with van der Waals surface area (Å²) in [5, 5.41) is 3.10. The number of nitrogens with zero attached hydrogens (tertiary/aromatic N) is 1. The van der Waals surface area contributed by atoms with Gasteiger partial charge in [0.15, 0.2) is 0 Å². The molecule has 0 saturated heterocycles. The number of anilines is 1. The fraction of sp³-hybridized carbons (Fsp3) is 0. The molecule has 24 heavy (non-hydrogen) atoms. The standard InChI is InChI=1S/C18H12Cl2N2O2/c19-16-10-12(11-17(20)22-16)18(23)21-13-6-8-15(9-7-13)24-14-4-2-1-3-5-14/h1-11H,(H,21,23). The van der Waals surface area contributed by atoms with Gasteiger partial charge in [0.05, 0.1) is 0 Å². The van der Waals surface area contributed by atoms with Crippen LogP contribution < -0.4 is 10.1 Å². The highest BCUT2D eigenvalue weighted by Crippen LogP contribution is 2.23. The molecule has 2 aromatic carbocycles. The summed E-state index contributed by atoms with van der Waals surface area (Å²) in [6, 6.07) is 19.4. The van der Waals surface area contributed by atoms with E-state index in [2.05, 4.69) is 10.3 Å². The number of rotatable bonds is 4. The molecule has 1 heterocycles. The van der Waals surface area contributed by atoms with E-state index in [0.29, 0.717) is 17.0 Å². The van der Waals surface area contributed by atoms with Crippen LogP contribution in [-0.2, 0) is 0 Å². The molecular formula is C18H12Cl2N2O2. The molecule has 4 nitrogen and oxygen atoms in total. The van der Waals surface area contributed by atoms with E-state index in [1.165, 1.54) is 12.1 Å². The summed E-state index contributed by atoms with van der Waals surface area (Å²) in [5.74, 6) is 1.10. The van der Waals surface area contributed by atoms with Gasteiger partial charge in [-0.1, -0.05) is 41.4 Å². The van der Waals surface area contributed by atoms with Gasteiger partial charge in [-0.3, -0.25) is 4.79 Å². The average molecular weight is 359 g/mol. The Morgan fingerprint density at radius 2 is 1.46 bits per heavy atom. The number of ether oxygens (including phenoxy) is 1. The maximum atomic E-state index is 12.2. The van der Waals surface area contributed by atoms with Crippen LogP contribution in [0.3, 0.4) is 0 Å². The molecule has 1 aromatic heterocycles. The van der Waals surface area contributed by atoms with Gasteiger partial charge < -0.3 is 10.1 Å².